The van der Waals surface area contributed by atoms with Gasteiger partial charge < -0.3 is 16.0 Å². The SMILES string of the molecule is NC[C@@H]1CN[C@H](CONC(=O)C2CCC3CN2C(=O)N3OS(=O)(=O)O)C1. The van der Waals surface area contributed by atoms with Gasteiger partial charge in [0.15, 0.2) is 0 Å². The minimum absolute atomic E-state index is 0.103. The van der Waals surface area contributed by atoms with Gasteiger partial charge in [-0.1, -0.05) is 0 Å². The van der Waals surface area contributed by atoms with E-state index < -0.39 is 34.4 Å². The second kappa shape index (κ2) is 7.62. The zero-order valence-corrected chi connectivity index (χ0v) is 14.9. The Hall–Kier alpha value is -1.51. The largest absolute Gasteiger partial charge is 0.418 e. The van der Waals surface area contributed by atoms with E-state index in [1.165, 1.54) is 4.90 Å². The van der Waals surface area contributed by atoms with Crippen LogP contribution in [0.25, 0.3) is 0 Å². The van der Waals surface area contributed by atoms with E-state index in [9.17, 15) is 18.0 Å². The summed E-state index contributed by atoms with van der Waals surface area (Å²) in [6.45, 7) is 1.82. The van der Waals surface area contributed by atoms with E-state index in [2.05, 4.69) is 15.1 Å². The Morgan fingerprint density at radius 2 is 2.19 bits per heavy atom. The second-order valence-electron chi connectivity index (χ2n) is 6.73. The highest BCUT2D eigenvalue weighted by Crippen LogP contribution is 2.30. The fourth-order valence-corrected chi connectivity index (χ4v) is 3.98. The maximum absolute atomic E-state index is 12.3. The van der Waals surface area contributed by atoms with Crippen molar-refractivity contribution in [2.75, 3.05) is 26.2 Å². The van der Waals surface area contributed by atoms with Gasteiger partial charge in [-0.2, -0.15) is 13.5 Å². The van der Waals surface area contributed by atoms with Gasteiger partial charge in [0.25, 0.3) is 5.91 Å². The summed E-state index contributed by atoms with van der Waals surface area (Å²) in [5.74, 6) is -0.0931. The van der Waals surface area contributed by atoms with E-state index >= 15 is 0 Å². The maximum atomic E-state index is 12.3. The molecule has 4 atom stereocenters. The molecule has 0 aromatic heterocycles. The van der Waals surface area contributed by atoms with Crippen LogP contribution in [0.4, 0.5) is 4.79 Å². The molecule has 3 fully saturated rings. The Morgan fingerprint density at radius 1 is 1.42 bits per heavy atom. The summed E-state index contributed by atoms with van der Waals surface area (Å²) in [7, 11) is -4.81. The summed E-state index contributed by atoms with van der Waals surface area (Å²) in [6, 6.07) is -2.01. The van der Waals surface area contributed by atoms with Gasteiger partial charge >= 0.3 is 16.4 Å². The molecule has 2 unspecified atom stereocenters. The van der Waals surface area contributed by atoms with Crippen LogP contribution in [0.1, 0.15) is 19.3 Å². The first-order valence-corrected chi connectivity index (χ1v) is 9.77. The molecule has 148 valence electrons. The van der Waals surface area contributed by atoms with Gasteiger partial charge in [-0.25, -0.2) is 10.3 Å². The van der Waals surface area contributed by atoms with Crippen molar-refractivity contribution in [2.45, 2.75) is 37.4 Å². The lowest BCUT2D eigenvalue weighted by Gasteiger charge is -2.29. The van der Waals surface area contributed by atoms with Gasteiger partial charge in [0, 0.05) is 12.6 Å². The number of piperidine rings is 1. The summed E-state index contributed by atoms with van der Waals surface area (Å²) in [5.41, 5.74) is 7.96. The highest BCUT2D eigenvalue weighted by atomic mass is 32.3. The zero-order valence-electron chi connectivity index (χ0n) is 14.0. The first kappa shape index (κ1) is 19.3. The van der Waals surface area contributed by atoms with Gasteiger partial charge in [0.2, 0.25) is 0 Å². The fourth-order valence-electron chi connectivity index (χ4n) is 3.59. The molecule has 3 rings (SSSR count). The van der Waals surface area contributed by atoms with Crippen LogP contribution in [0, 0.1) is 5.92 Å². The summed E-state index contributed by atoms with van der Waals surface area (Å²) in [5, 5.41) is 3.84. The van der Waals surface area contributed by atoms with Crippen LogP contribution < -0.4 is 16.5 Å². The number of nitrogens with two attached hydrogens (primary N) is 1. The minimum atomic E-state index is -4.81. The zero-order chi connectivity index (χ0) is 18.9. The van der Waals surface area contributed by atoms with Crippen molar-refractivity contribution >= 4 is 22.3 Å². The van der Waals surface area contributed by atoms with Gasteiger partial charge in [-0.3, -0.25) is 14.2 Å². The number of carbonyl (C=O) groups is 2. The molecule has 12 nitrogen and oxygen atoms in total. The topological polar surface area (TPSA) is 164 Å². The number of carbonyl (C=O) groups excluding carboxylic acids is 2. The van der Waals surface area contributed by atoms with E-state index in [1.807, 2.05) is 0 Å². The number of urea groups is 1. The van der Waals surface area contributed by atoms with Crippen molar-refractivity contribution in [2.24, 2.45) is 11.7 Å². The Labute approximate surface area is 150 Å². The highest BCUT2D eigenvalue weighted by molar-refractivity contribution is 7.80. The predicted molar refractivity (Wildman–Crippen MR) is 86.4 cm³/mol. The summed E-state index contributed by atoms with van der Waals surface area (Å²) >= 11 is 0. The maximum Gasteiger partial charge on any atom is 0.418 e. The van der Waals surface area contributed by atoms with Crippen LogP contribution in [0.5, 0.6) is 0 Å². The molecule has 0 saturated carbocycles. The lowest BCUT2D eigenvalue weighted by Crippen LogP contribution is -2.50. The lowest BCUT2D eigenvalue weighted by molar-refractivity contribution is -0.139. The van der Waals surface area contributed by atoms with Gasteiger partial charge in [-0.15, -0.1) is 4.28 Å². The molecule has 3 amide bonds. The van der Waals surface area contributed by atoms with Crippen molar-refractivity contribution < 1.29 is 31.7 Å². The Balaban J connectivity index is 1.49. The van der Waals surface area contributed by atoms with E-state index in [4.69, 9.17) is 15.1 Å². The van der Waals surface area contributed by atoms with Crippen LogP contribution in [0.2, 0.25) is 0 Å². The molecule has 13 heteroatoms. The highest BCUT2D eigenvalue weighted by Gasteiger charge is 2.49. The van der Waals surface area contributed by atoms with E-state index in [0.717, 1.165) is 13.0 Å². The molecule has 0 aromatic rings. The van der Waals surface area contributed by atoms with Crippen LogP contribution in [-0.2, 0) is 24.3 Å². The standard InChI is InChI=1S/C13H23N5O7S/c14-4-8-3-9(15-5-8)7-24-16-12(19)11-2-1-10-6-17(11)13(20)18(10)25-26(21,22)23/h8-11,15H,1-7,14H2,(H,16,19)(H,21,22,23)/t8-,9+,10?,11?/m1/s1. The van der Waals surface area contributed by atoms with Gasteiger partial charge in [0.1, 0.15) is 6.04 Å². The van der Waals surface area contributed by atoms with Crippen molar-refractivity contribution in [3.63, 3.8) is 0 Å². The molecule has 0 radical (unpaired) electrons. The minimum Gasteiger partial charge on any atom is -0.330 e. The van der Waals surface area contributed by atoms with Crippen LogP contribution in [0.3, 0.4) is 0 Å². The molecule has 0 aromatic carbocycles. The molecular weight excluding hydrogens is 370 g/mol. The predicted octanol–water partition coefficient (Wildman–Crippen LogP) is -2.03. The second-order valence-corrected chi connectivity index (χ2v) is 7.73. The third kappa shape index (κ3) is 4.24. The van der Waals surface area contributed by atoms with Crippen LogP contribution >= 0.6 is 0 Å². The Kier molecular flexibility index (Phi) is 5.64. The van der Waals surface area contributed by atoms with Crippen molar-refractivity contribution in [3.8, 4) is 0 Å². The van der Waals surface area contributed by atoms with E-state index in [1.54, 1.807) is 0 Å². The summed E-state index contributed by atoms with van der Waals surface area (Å²) in [6.07, 6.45) is 1.55. The van der Waals surface area contributed by atoms with E-state index in [0.29, 0.717) is 30.4 Å². The number of hydrogen-bond acceptors (Lipinski definition) is 8. The smallest absolute Gasteiger partial charge is 0.330 e. The summed E-state index contributed by atoms with van der Waals surface area (Å²) < 4.78 is 34.8. The lowest BCUT2D eigenvalue weighted by atomic mass is 10.0. The van der Waals surface area contributed by atoms with Gasteiger partial charge in [-0.05, 0) is 38.3 Å². The summed E-state index contributed by atoms with van der Waals surface area (Å²) in [4.78, 5) is 31.0. The molecule has 3 saturated heterocycles. The molecule has 0 spiro atoms. The number of fused-ring (bicyclic) bond motifs is 2. The van der Waals surface area contributed by atoms with E-state index in [-0.39, 0.29) is 19.2 Å². The molecular formula is C13H23N5O7S. The van der Waals surface area contributed by atoms with Crippen molar-refractivity contribution in [3.05, 3.63) is 0 Å². The normalized spacial score (nSPS) is 31.5. The van der Waals surface area contributed by atoms with Crippen LogP contribution in [-0.4, -0.2) is 79.2 Å². The molecule has 0 aliphatic carbocycles. The Bertz CT molecular complexity index is 659. The number of nitrogens with zero attached hydrogens (tertiary/aromatic N) is 2. The number of hydrogen-bond donors (Lipinski definition) is 4. The molecule has 5 N–H and O–H groups in total. The number of nitrogens with one attached hydrogen (secondary N) is 2. The average Bonchev–Trinajstić information content (AvgIpc) is 3.13. The quantitative estimate of drug-likeness (QED) is 0.282. The molecule has 3 aliphatic rings. The molecule has 3 heterocycles. The monoisotopic (exact) mass is 393 g/mol. The number of rotatable bonds is 7. The number of hydroxylamine groups is 3. The van der Waals surface area contributed by atoms with Crippen LogP contribution in [0.15, 0.2) is 0 Å². The molecule has 2 bridgehead atoms. The van der Waals surface area contributed by atoms with Crippen molar-refractivity contribution in [1.29, 1.82) is 0 Å². The molecule has 3 aliphatic heterocycles. The first-order valence-electron chi connectivity index (χ1n) is 8.40. The third-order valence-electron chi connectivity index (χ3n) is 4.90. The van der Waals surface area contributed by atoms with Gasteiger partial charge in [0.05, 0.1) is 12.6 Å². The third-order valence-corrected chi connectivity index (χ3v) is 5.25. The first-order chi connectivity index (χ1) is 12.3. The number of amides is 3. The van der Waals surface area contributed by atoms with Crippen molar-refractivity contribution in [1.82, 2.24) is 20.8 Å². The Morgan fingerprint density at radius 3 is 2.85 bits per heavy atom. The molecule has 26 heavy (non-hydrogen) atoms. The average molecular weight is 393 g/mol. The fraction of sp³-hybridized carbons (Fsp3) is 0.846.